The van der Waals surface area contributed by atoms with Crippen molar-refractivity contribution in [1.82, 2.24) is 29.1 Å². The van der Waals surface area contributed by atoms with E-state index < -0.39 is 31.4 Å². The molecule has 3 aromatic carbocycles. The molecule has 0 radical (unpaired) electrons. The number of nitriles is 1. The van der Waals surface area contributed by atoms with Crippen LogP contribution in [0.1, 0.15) is 57.7 Å². The molecule has 2 aromatic heterocycles. The van der Waals surface area contributed by atoms with Crippen molar-refractivity contribution in [3.05, 3.63) is 112 Å². The third-order valence-electron chi connectivity index (χ3n) is 9.41. The summed E-state index contributed by atoms with van der Waals surface area (Å²) < 4.78 is 29.2. The van der Waals surface area contributed by atoms with Crippen LogP contribution in [0.3, 0.4) is 0 Å². The van der Waals surface area contributed by atoms with E-state index in [0.717, 1.165) is 5.56 Å². The Morgan fingerprint density at radius 3 is 1.98 bits per heavy atom. The van der Waals surface area contributed by atoms with Gasteiger partial charge in [-0.25, -0.2) is 14.6 Å². The zero-order valence-electron chi connectivity index (χ0n) is 33.4. The van der Waals surface area contributed by atoms with Crippen LogP contribution >= 0.6 is 8.53 Å². The molecule has 0 bridgehead atoms. The Morgan fingerprint density at radius 1 is 0.929 bits per heavy atom. The summed E-state index contributed by atoms with van der Waals surface area (Å²) in [6.07, 6.45) is 2.76. The number of hydrogen-bond donors (Lipinski definition) is 2. The van der Waals surface area contributed by atoms with Crippen LogP contribution in [0, 0.1) is 17.2 Å². The van der Waals surface area contributed by atoms with Crippen LogP contribution in [0.2, 0.25) is 0 Å². The average Bonchev–Trinajstić information content (AvgIpc) is 3.59. The second-order valence-corrected chi connectivity index (χ2v) is 15.4. The summed E-state index contributed by atoms with van der Waals surface area (Å²) in [7, 11) is 4.47. The second kappa shape index (κ2) is 18.2. The van der Waals surface area contributed by atoms with Gasteiger partial charge in [-0.3, -0.25) is 14.3 Å². The lowest BCUT2D eigenvalue weighted by molar-refractivity contribution is -0.258. The van der Waals surface area contributed by atoms with Crippen molar-refractivity contribution < 1.29 is 23.6 Å². The zero-order valence-corrected chi connectivity index (χ0v) is 34.3. The molecule has 56 heavy (non-hydrogen) atoms. The van der Waals surface area contributed by atoms with Crippen molar-refractivity contribution >= 4 is 32.0 Å². The first kappa shape index (κ1) is 42.0. The maximum atomic E-state index is 13.1. The Hall–Kier alpha value is -5.16. The van der Waals surface area contributed by atoms with Crippen molar-refractivity contribution in [1.29, 1.82) is 5.26 Å². The van der Waals surface area contributed by atoms with E-state index in [9.17, 15) is 14.9 Å². The number of ether oxygens (including phenoxy) is 3. The highest BCUT2D eigenvalue weighted by atomic mass is 31.2. The van der Waals surface area contributed by atoms with Gasteiger partial charge in [0, 0.05) is 38.6 Å². The van der Waals surface area contributed by atoms with E-state index in [1.165, 1.54) is 12.7 Å². The molecule has 0 aliphatic rings. The number of hydrogen-bond acceptors (Lipinski definition) is 11. The summed E-state index contributed by atoms with van der Waals surface area (Å²) in [6.45, 7) is 9.92. The number of aromatic nitrogens is 4. The molecule has 15 heteroatoms. The lowest BCUT2D eigenvalue weighted by atomic mass is 9.79. The fourth-order valence-corrected chi connectivity index (χ4v) is 8.18. The molecule has 5 aromatic rings. The Balaban J connectivity index is 1.79. The van der Waals surface area contributed by atoms with Crippen molar-refractivity contribution in [2.24, 2.45) is 10.9 Å². The van der Waals surface area contributed by atoms with Gasteiger partial charge in [-0.1, -0.05) is 61.5 Å². The highest BCUT2D eigenvalue weighted by molar-refractivity contribution is 7.43. The third kappa shape index (κ3) is 8.94. The minimum Gasteiger partial charge on any atom is -0.497 e. The van der Waals surface area contributed by atoms with Gasteiger partial charge in [-0.15, -0.1) is 0 Å². The van der Waals surface area contributed by atoms with E-state index >= 15 is 0 Å². The maximum Gasteiger partial charge on any atom is 0.280 e. The van der Waals surface area contributed by atoms with Crippen molar-refractivity contribution in [2.75, 3.05) is 28.3 Å². The number of benzene rings is 3. The predicted molar refractivity (Wildman–Crippen MR) is 218 cm³/mol. The fourth-order valence-electron chi connectivity index (χ4n) is 6.74. The summed E-state index contributed by atoms with van der Waals surface area (Å²) in [5.74, 6) is -1.11. The van der Waals surface area contributed by atoms with Crippen LogP contribution in [0.5, 0.6) is 11.5 Å². The SMILES string of the molecule is COc1ccc(C(OC(CC#N)(O[P@](O)N(C(C)C)C(C)C)C(C)Cn2cnc3c(=O)[nH]c(/N=C/N(C)C)nc32)(c2ccccc2)c2ccc(OC)cc2)cc1. The lowest BCUT2D eigenvalue weighted by Gasteiger charge is -2.48. The molecule has 296 valence electrons. The quantitative estimate of drug-likeness (QED) is 0.0310. The Morgan fingerprint density at radius 2 is 1.48 bits per heavy atom. The number of rotatable bonds is 18. The monoisotopic (exact) mass is 782 g/mol. The van der Waals surface area contributed by atoms with Crippen LogP contribution in [0.4, 0.5) is 5.95 Å². The zero-order chi connectivity index (χ0) is 40.6. The molecule has 0 aliphatic heterocycles. The summed E-state index contributed by atoms with van der Waals surface area (Å²) in [5, 5.41) is 10.7. The maximum absolute atomic E-state index is 13.1. The number of aromatic amines is 1. The number of methoxy groups -OCH3 is 2. The highest BCUT2D eigenvalue weighted by Crippen LogP contribution is 2.53. The Kier molecular flexibility index (Phi) is 13.6. The molecule has 2 heterocycles. The molecular formula is C41H51N8O6P. The molecule has 5 rings (SSSR count). The summed E-state index contributed by atoms with van der Waals surface area (Å²) in [4.78, 5) is 43.0. The van der Waals surface area contributed by atoms with Gasteiger partial charge in [-0.05, 0) is 68.7 Å². The van der Waals surface area contributed by atoms with Gasteiger partial charge in [0.05, 0.1) is 39.4 Å². The van der Waals surface area contributed by atoms with Crippen molar-refractivity contribution in [3.8, 4) is 17.6 Å². The van der Waals surface area contributed by atoms with Crippen molar-refractivity contribution in [2.45, 2.75) is 71.1 Å². The number of aliphatic imine (C=N–C) groups is 1. The lowest BCUT2D eigenvalue weighted by Crippen LogP contribution is -2.51. The van der Waals surface area contributed by atoms with Gasteiger partial charge >= 0.3 is 0 Å². The molecule has 2 unspecified atom stereocenters. The molecule has 0 amide bonds. The average molecular weight is 783 g/mol. The van der Waals surface area contributed by atoms with Crippen LogP contribution in [0.25, 0.3) is 11.2 Å². The molecule has 0 aliphatic carbocycles. The smallest absolute Gasteiger partial charge is 0.280 e. The minimum atomic E-state index is -2.35. The van der Waals surface area contributed by atoms with E-state index in [2.05, 4.69) is 26.0 Å². The molecule has 0 fully saturated rings. The van der Waals surface area contributed by atoms with Crippen molar-refractivity contribution in [3.63, 3.8) is 0 Å². The second-order valence-electron chi connectivity index (χ2n) is 14.2. The van der Waals surface area contributed by atoms with E-state index in [1.807, 2.05) is 132 Å². The largest absolute Gasteiger partial charge is 0.497 e. The minimum absolute atomic E-state index is 0.104. The van der Waals surface area contributed by atoms with Gasteiger partial charge in [0.25, 0.3) is 14.1 Å². The first-order valence-corrected chi connectivity index (χ1v) is 19.5. The van der Waals surface area contributed by atoms with E-state index in [-0.39, 0.29) is 42.2 Å². The number of fused-ring (bicyclic) bond motifs is 1. The topological polar surface area (TPSA) is 163 Å². The number of nitrogens with zero attached hydrogens (tertiary/aromatic N) is 7. The van der Waals surface area contributed by atoms with Gasteiger partial charge in [0.15, 0.2) is 17.0 Å². The predicted octanol–water partition coefficient (Wildman–Crippen LogP) is 6.97. The van der Waals surface area contributed by atoms with E-state index in [1.54, 1.807) is 23.7 Å². The standard InChI is InChI=1S/C41H51N8O6P/c1-28(2)49(29(3)4)56(51)55-40(23-24-42,30(5)25-48-27-43-36-37(48)45-39(46-38(36)50)44-26-47(6)7)54-41(31-13-11-10-12-14-31,32-15-19-34(52-8)20-16-32)33-17-21-35(53-9)22-18-33/h10-22,26-30,51H,23,25H2,1-9H3,(H,45,46,50)/b44-26+/t30?,40?,56-/m0/s1. The molecule has 0 spiro atoms. The molecule has 0 saturated carbocycles. The molecular weight excluding hydrogens is 731 g/mol. The van der Waals surface area contributed by atoms with Gasteiger partial charge in [0.2, 0.25) is 5.95 Å². The van der Waals surface area contributed by atoms with E-state index in [4.69, 9.17) is 18.7 Å². The summed E-state index contributed by atoms with van der Waals surface area (Å²) in [6, 6.07) is 26.9. The normalized spacial score (nSPS) is 14.3. The number of imidazole rings is 1. The fraction of sp³-hybridized carbons (Fsp3) is 0.390. The molecule has 14 nitrogen and oxygen atoms in total. The van der Waals surface area contributed by atoms with Crippen LogP contribution < -0.4 is 15.0 Å². The van der Waals surface area contributed by atoms with Gasteiger partial charge < -0.3 is 28.6 Å². The van der Waals surface area contributed by atoms with Gasteiger partial charge in [-0.2, -0.15) is 10.2 Å². The first-order chi connectivity index (χ1) is 26.8. The molecule has 3 atom stereocenters. The Labute approximate surface area is 329 Å². The summed E-state index contributed by atoms with van der Waals surface area (Å²) in [5.41, 5.74) is 0.697. The Bertz CT molecular complexity index is 2110. The van der Waals surface area contributed by atoms with Crippen LogP contribution in [-0.4, -0.2) is 86.5 Å². The van der Waals surface area contributed by atoms with Crippen LogP contribution in [0.15, 0.2) is 95.0 Å². The van der Waals surface area contributed by atoms with Crippen LogP contribution in [-0.2, 0) is 21.4 Å². The molecule has 0 saturated heterocycles. The van der Waals surface area contributed by atoms with E-state index in [0.29, 0.717) is 22.6 Å². The number of nitrogens with one attached hydrogen (secondary N) is 1. The third-order valence-corrected chi connectivity index (χ3v) is 11.2. The highest BCUT2D eigenvalue weighted by Gasteiger charge is 2.52. The molecule has 2 N–H and O–H groups in total. The van der Waals surface area contributed by atoms with Gasteiger partial charge in [0.1, 0.15) is 17.1 Å². The first-order valence-electron chi connectivity index (χ1n) is 18.3. The summed E-state index contributed by atoms with van der Waals surface area (Å²) >= 11 is 0. The number of H-pyrrole nitrogens is 1.